The monoisotopic (exact) mass is 335 g/mol. The van der Waals surface area contributed by atoms with Gasteiger partial charge in [-0.2, -0.15) is 0 Å². The Hall–Kier alpha value is -2.28. The van der Waals surface area contributed by atoms with Crippen molar-refractivity contribution in [3.63, 3.8) is 0 Å². The fourth-order valence-electron chi connectivity index (χ4n) is 1.82. The van der Waals surface area contributed by atoms with E-state index < -0.39 is 0 Å². The summed E-state index contributed by atoms with van der Waals surface area (Å²) in [5, 5.41) is 2.73. The fraction of sp³-hybridized carbons (Fsp3) is 0.0769. The lowest BCUT2D eigenvalue weighted by Crippen LogP contribution is -2.14. The van der Waals surface area contributed by atoms with Crippen LogP contribution in [0.15, 0.2) is 35.1 Å². The van der Waals surface area contributed by atoms with Crippen LogP contribution in [0.3, 0.4) is 0 Å². The van der Waals surface area contributed by atoms with Gasteiger partial charge in [-0.15, -0.1) is 0 Å². The van der Waals surface area contributed by atoms with Crippen molar-refractivity contribution in [2.45, 2.75) is 0 Å². The van der Waals surface area contributed by atoms with E-state index in [1.807, 2.05) is 0 Å². The number of nitrogen functional groups attached to an aromatic ring is 1. The topological polar surface area (TPSA) is 86.5 Å². The number of nitrogens with two attached hydrogens (primary N) is 1. The quantitative estimate of drug-likeness (QED) is 0.650. The highest BCUT2D eigenvalue weighted by Crippen LogP contribution is 2.36. The van der Waals surface area contributed by atoms with Crippen molar-refractivity contribution in [3.05, 3.63) is 40.6 Å². The van der Waals surface area contributed by atoms with Crippen LogP contribution in [-0.4, -0.2) is 17.7 Å². The molecule has 0 fully saturated rings. The zero-order valence-electron chi connectivity index (χ0n) is 10.2. The maximum atomic E-state index is 12.3. The summed E-state index contributed by atoms with van der Waals surface area (Å²) in [6.45, 7) is 0.133. The highest BCUT2D eigenvalue weighted by atomic mass is 79.9. The van der Waals surface area contributed by atoms with Gasteiger partial charge < -0.3 is 20.5 Å². The molecule has 0 unspecified atom stereocenters. The molecule has 6 nitrogen and oxygen atoms in total. The lowest BCUT2D eigenvalue weighted by Gasteiger charge is -2.09. The molecular weight excluding hydrogens is 326 g/mol. The molecule has 0 radical (unpaired) electrons. The molecule has 102 valence electrons. The molecule has 1 aliphatic rings. The van der Waals surface area contributed by atoms with Crippen LogP contribution in [0, 0.1) is 0 Å². The van der Waals surface area contributed by atoms with Gasteiger partial charge in [0.15, 0.2) is 11.5 Å². The first kappa shape index (κ1) is 12.7. The maximum absolute atomic E-state index is 12.3. The first-order chi connectivity index (χ1) is 9.65. The maximum Gasteiger partial charge on any atom is 0.257 e. The summed E-state index contributed by atoms with van der Waals surface area (Å²) in [5.74, 6) is 0.714. The largest absolute Gasteiger partial charge is 0.454 e. The molecule has 1 aromatic carbocycles. The van der Waals surface area contributed by atoms with Gasteiger partial charge in [0.2, 0.25) is 6.79 Å². The van der Waals surface area contributed by atoms with E-state index >= 15 is 0 Å². The van der Waals surface area contributed by atoms with Crippen LogP contribution in [0.4, 0.5) is 11.4 Å². The first-order valence-electron chi connectivity index (χ1n) is 5.76. The molecule has 1 amide bonds. The molecule has 0 saturated heterocycles. The number of anilines is 2. The highest BCUT2D eigenvalue weighted by molar-refractivity contribution is 9.10. The van der Waals surface area contributed by atoms with Crippen LogP contribution in [0.5, 0.6) is 11.5 Å². The minimum Gasteiger partial charge on any atom is -0.454 e. The summed E-state index contributed by atoms with van der Waals surface area (Å²) < 4.78 is 11.0. The Morgan fingerprint density at radius 2 is 2.10 bits per heavy atom. The van der Waals surface area contributed by atoms with E-state index in [1.54, 1.807) is 30.5 Å². The van der Waals surface area contributed by atoms with Gasteiger partial charge in [0.25, 0.3) is 5.91 Å². The molecule has 2 heterocycles. The van der Waals surface area contributed by atoms with E-state index in [0.717, 1.165) is 0 Å². The number of carbonyl (C=O) groups excluding carboxylic acids is 1. The fourth-order valence-corrected chi connectivity index (χ4v) is 2.17. The Labute approximate surface area is 123 Å². The molecule has 1 aliphatic heterocycles. The van der Waals surface area contributed by atoms with Crippen molar-refractivity contribution in [1.82, 2.24) is 4.98 Å². The van der Waals surface area contributed by atoms with Gasteiger partial charge in [-0.1, -0.05) is 0 Å². The van der Waals surface area contributed by atoms with Crippen LogP contribution in [0.1, 0.15) is 10.4 Å². The summed E-state index contributed by atoms with van der Waals surface area (Å²) in [6, 6.07) is 6.61. The van der Waals surface area contributed by atoms with E-state index in [0.29, 0.717) is 33.0 Å². The van der Waals surface area contributed by atoms with Gasteiger partial charge in [0.1, 0.15) is 4.60 Å². The van der Waals surface area contributed by atoms with E-state index in [4.69, 9.17) is 15.2 Å². The molecule has 1 aromatic heterocycles. The standard InChI is InChI=1S/C13H10BrN3O3/c14-12-9(2-1-3-16-12)17-13(18)7-4-10-11(5-8(7)15)20-6-19-10/h1-5H,6,15H2,(H,17,18). The first-order valence-corrected chi connectivity index (χ1v) is 6.55. The Kier molecular flexibility index (Phi) is 3.19. The van der Waals surface area contributed by atoms with Crippen LogP contribution < -0.4 is 20.5 Å². The third-order valence-electron chi connectivity index (χ3n) is 2.80. The number of nitrogens with zero attached hydrogens (tertiary/aromatic N) is 1. The Balaban J connectivity index is 1.90. The second kappa shape index (κ2) is 5.01. The van der Waals surface area contributed by atoms with Crippen molar-refractivity contribution < 1.29 is 14.3 Å². The Morgan fingerprint density at radius 3 is 2.85 bits per heavy atom. The average Bonchev–Trinajstić information content (AvgIpc) is 2.87. The van der Waals surface area contributed by atoms with Gasteiger partial charge in [-0.3, -0.25) is 4.79 Å². The number of pyridine rings is 1. The molecule has 0 aliphatic carbocycles. The van der Waals surface area contributed by atoms with Gasteiger partial charge in [0, 0.05) is 18.0 Å². The molecule has 3 rings (SSSR count). The minimum absolute atomic E-state index is 0.133. The number of rotatable bonds is 2. The van der Waals surface area contributed by atoms with Crippen LogP contribution in [0.25, 0.3) is 0 Å². The highest BCUT2D eigenvalue weighted by Gasteiger charge is 2.20. The predicted molar refractivity (Wildman–Crippen MR) is 76.9 cm³/mol. The number of amides is 1. The molecule has 0 atom stereocenters. The smallest absolute Gasteiger partial charge is 0.257 e. The summed E-state index contributed by atoms with van der Waals surface area (Å²) in [5.41, 5.74) is 7.08. The summed E-state index contributed by atoms with van der Waals surface area (Å²) in [7, 11) is 0. The van der Waals surface area contributed by atoms with E-state index in [-0.39, 0.29) is 12.7 Å². The molecule has 20 heavy (non-hydrogen) atoms. The molecule has 0 saturated carbocycles. The number of hydrogen-bond acceptors (Lipinski definition) is 5. The zero-order chi connectivity index (χ0) is 14.1. The van der Waals surface area contributed by atoms with E-state index in [9.17, 15) is 4.79 Å². The molecule has 0 spiro atoms. The van der Waals surface area contributed by atoms with Crippen molar-refractivity contribution >= 4 is 33.2 Å². The normalized spacial score (nSPS) is 12.2. The third kappa shape index (κ3) is 2.27. The zero-order valence-corrected chi connectivity index (χ0v) is 11.8. The Morgan fingerprint density at radius 1 is 1.35 bits per heavy atom. The van der Waals surface area contributed by atoms with Gasteiger partial charge in [-0.25, -0.2) is 4.98 Å². The number of hydrogen-bond donors (Lipinski definition) is 2. The van der Waals surface area contributed by atoms with Crippen LogP contribution >= 0.6 is 15.9 Å². The van der Waals surface area contributed by atoms with E-state index in [1.165, 1.54) is 0 Å². The SMILES string of the molecule is Nc1cc2c(cc1C(=O)Nc1cccnc1Br)OCO2. The van der Waals surface area contributed by atoms with Crippen LogP contribution in [-0.2, 0) is 0 Å². The lowest BCUT2D eigenvalue weighted by atomic mass is 10.1. The molecule has 7 heteroatoms. The van der Waals surface area contributed by atoms with Crippen molar-refractivity contribution in [1.29, 1.82) is 0 Å². The molecule has 2 aromatic rings. The predicted octanol–water partition coefficient (Wildman–Crippen LogP) is 2.41. The molecule has 3 N–H and O–H groups in total. The molecular formula is C13H10BrN3O3. The number of aromatic nitrogens is 1. The van der Waals surface area contributed by atoms with Gasteiger partial charge in [-0.05, 0) is 34.1 Å². The molecule has 0 bridgehead atoms. The second-order valence-corrected chi connectivity index (χ2v) is 4.84. The number of halogens is 1. The summed E-state index contributed by atoms with van der Waals surface area (Å²) in [4.78, 5) is 16.3. The van der Waals surface area contributed by atoms with Crippen molar-refractivity contribution in [2.75, 3.05) is 17.8 Å². The average molecular weight is 336 g/mol. The van der Waals surface area contributed by atoms with Crippen molar-refractivity contribution in [2.24, 2.45) is 0 Å². The van der Waals surface area contributed by atoms with Crippen LogP contribution in [0.2, 0.25) is 0 Å². The number of nitrogens with one attached hydrogen (secondary N) is 1. The number of carbonyl (C=O) groups is 1. The summed E-state index contributed by atoms with van der Waals surface area (Å²) in [6.07, 6.45) is 1.62. The number of ether oxygens (including phenoxy) is 2. The van der Waals surface area contributed by atoms with Gasteiger partial charge in [0.05, 0.1) is 11.3 Å². The lowest BCUT2D eigenvalue weighted by molar-refractivity contribution is 0.102. The van der Waals surface area contributed by atoms with E-state index in [2.05, 4.69) is 26.2 Å². The Bertz CT molecular complexity index is 691. The van der Waals surface area contributed by atoms with Gasteiger partial charge >= 0.3 is 0 Å². The minimum atomic E-state index is -0.338. The van der Waals surface area contributed by atoms with Crippen molar-refractivity contribution in [3.8, 4) is 11.5 Å². The number of fused-ring (bicyclic) bond motifs is 1. The number of benzene rings is 1. The summed E-state index contributed by atoms with van der Waals surface area (Å²) >= 11 is 3.26. The second-order valence-electron chi connectivity index (χ2n) is 4.09. The third-order valence-corrected chi connectivity index (χ3v) is 3.43.